The highest BCUT2D eigenvalue weighted by Crippen LogP contribution is 2.29. The number of nitrogens with zero attached hydrogens (tertiary/aromatic N) is 3. The lowest BCUT2D eigenvalue weighted by atomic mass is 9.98. The summed E-state index contributed by atoms with van der Waals surface area (Å²) in [5, 5.41) is 3.59. The molecule has 3 rings (SSSR count). The molecular weight excluding hydrogens is 376 g/mol. The number of methoxy groups -OCH3 is 2. The summed E-state index contributed by atoms with van der Waals surface area (Å²) in [6.45, 7) is 2.72. The molecule has 6 nitrogen and oxygen atoms in total. The Morgan fingerprint density at radius 3 is 2.50 bits per heavy atom. The van der Waals surface area contributed by atoms with Crippen molar-refractivity contribution >= 4 is 5.96 Å². The zero-order chi connectivity index (χ0) is 21.5. The van der Waals surface area contributed by atoms with E-state index in [2.05, 4.69) is 58.5 Å². The quantitative estimate of drug-likeness (QED) is 0.560. The number of aliphatic imine (C=N–C) groups is 1. The maximum atomic E-state index is 5.58. The Hall–Kier alpha value is -2.73. The fraction of sp³-hybridized carbons (Fsp3) is 0.458. The Morgan fingerprint density at radius 1 is 1.13 bits per heavy atom. The van der Waals surface area contributed by atoms with Crippen LogP contribution in [0.4, 0.5) is 0 Å². The highest BCUT2D eigenvalue weighted by atomic mass is 16.5. The molecule has 0 bridgehead atoms. The molecule has 0 amide bonds. The van der Waals surface area contributed by atoms with Crippen LogP contribution < -0.4 is 14.8 Å². The van der Waals surface area contributed by atoms with Gasteiger partial charge in [0.25, 0.3) is 0 Å². The largest absolute Gasteiger partial charge is 0.497 e. The molecule has 30 heavy (non-hydrogen) atoms. The number of para-hydroxylation sites is 1. The van der Waals surface area contributed by atoms with Crippen LogP contribution in [0.15, 0.2) is 53.5 Å². The number of rotatable bonds is 7. The standard InChI is InChI=1S/C24H34N4O2/c1-25-24(26-16-22(27(2)3)21-8-6-7-9-23(21)30-5)28-15-14-19(17-28)18-10-12-20(29-4)13-11-18/h6-13,19,22H,14-17H2,1-5H3,(H,25,26). The Labute approximate surface area is 180 Å². The Balaban J connectivity index is 1.64. The maximum absolute atomic E-state index is 5.58. The predicted octanol–water partition coefficient (Wildman–Crippen LogP) is 3.37. The predicted molar refractivity (Wildman–Crippen MR) is 123 cm³/mol. The van der Waals surface area contributed by atoms with Crippen LogP contribution in [0.25, 0.3) is 0 Å². The number of nitrogens with one attached hydrogen (secondary N) is 1. The van der Waals surface area contributed by atoms with E-state index < -0.39 is 0 Å². The monoisotopic (exact) mass is 410 g/mol. The molecular formula is C24H34N4O2. The summed E-state index contributed by atoms with van der Waals surface area (Å²) in [5.41, 5.74) is 2.53. The van der Waals surface area contributed by atoms with Gasteiger partial charge in [0.1, 0.15) is 11.5 Å². The van der Waals surface area contributed by atoms with E-state index in [1.165, 1.54) is 11.1 Å². The van der Waals surface area contributed by atoms with Gasteiger partial charge in [-0.3, -0.25) is 4.99 Å². The molecule has 2 unspecified atom stereocenters. The molecule has 0 aliphatic carbocycles. The summed E-state index contributed by atoms with van der Waals surface area (Å²) in [4.78, 5) is 9.12. The van der Waals surface area contributed by atoms with Crippen molar-refractivity contribution in [3.8, 4) is 11.5 Å². The zero-order valence-electron chi connectivity index (χ0n) is 18.8. The van der Waals surface area contributed by atoms with Crippen molar-refractivity contribution in [1.29, 1.82) is 0 Å². The minimum atomic E-state index is 0.179. The van der Waals surface area contributed by atoms with Crippen LogP contribution in [0, 0.1) is 0 Å². The third-order valence-electron chi connectivity index (χ3n) is 5.86. The van der Waals surface area contributed by atoms with E-state index in [0.717, 1.165) is 43.5 Å². The first kappa shape index (κ1) is 22.0. The summed E-state index contributed by atoms with van der Waals surface area (Å²) >= 11 is 0. The minimum absolute atomic E-state index is 0.179. The topological polar surface area (TPSA) is 49.3 Å². The molecule has 1 saturated heterocycles. The van der Waals surface area contributed by atoms with Crippen LogP contribution in [0.3, 0.4) is 0 Å². The van der Waals surface area contributed by atoms with Crippen molar-refractivity contribution < 1.29 is 9.47 Å². The summed E-state index contributed by atoms with van der Waals surface area (Å²) in [5.74, 6) is 3.27. The second-order valence-corrected chi connectivity index (χ2v) is 7.85. The van der Waals surface area contributed by atoms with E-state index in [0.29, 0.717) is 5.92 Å². The van der Waals surface area contributed by atoms with Gasteiger partial charge in [0.15, 0.2) is 5.96 Å². The molecule has 0 spiro atoms. The SMILES string of the molecule is CN=C(NCC(c1ccccc1OC)N(C)C)N1CCC(c2ccc(OC)cc2)C1. The smallest absolute Gasteiger partial charge is 0.193 e. The van der Waals surface area contributed by atoms with Crippen LogP contribution in [-0.2, 0) is 0 Å². The van der Waals surface area contributed by atoms with Crippen LogP contribution in [0.5, 0.6) is 11.5 Å². The summed E-state index contributed by atoms with van der Waals surface area (Å²) in [7, 11) is 9.47. The highest BCUT2D eigenvalue weighted by molar-refractivity contribution is 5.80. The van der Waals surface area contributed by atoms with Gasteiger partial charge in [-0.1, -0.05) is 30.3 Å². The molecule has 2 aromatic carbocycles. The summed E-state index contributed by atoms with van der Waals surface area (Å²) in [6.07, 6.45) is 1.12. The van der Waals surface area contributed by atoms with Gasteiger partial charge >= 0.3 is 0 Å². The lowest BCUT2D eigenvalue weighted by molar-refractivity contribution is 0.285. The maximum Gasteiger partial charge on any atom is 0.193 e. The van der Waals surface area contributed by atoms with Gasteiger partial charge in [0.05, 0.1) is 20.3 Å². The molecule has 1 heterocycles. The molecule has 2 aromatic rings. The van der Waals surface area contributed by atoms with E-state index in [1.54, 1.807) is 14.2 Å². The molecule has 1 aliphatic rings. The fourth-order valence-electron chi connectivity index (χ4n) is 4.13. The first-order valence-corrected chi connectivity index (χ1v) is 10.5. The van der Waals surface area contributed by atoms with Crippen molar-refractivity contribution in [2.24, 2.45) is 4.99 Å². The van der Waals surface area contributed by atoms with E-state index in [9.17, 15) is 0 Å². The second kappa shape index (κ2) is 10.3. The van der Waals surface area contributed by atoms with Crippen LogP contribution in [0.1, 0.15) is 29.5 Å². The van der Waals surface area contributed by atoms with Gasteiger partial charge in [-0.2, -0.15) is 0 Å². The Bertz CT molecular complexity index is 835. The van der Waals surface area contributed by atoms with Gasteiger partial charge in [-0.15, -0.1) is 0 Å². The van der Waals surface area contributed by atoms with Gasteiger partial charge in [-0.05, 0) is 44.3 Å². The number of hydrogen-bond acceptors (Lipinski definition) is 4. The van der Waals surface area contributed by atoms with Gasteiger partial charge in [0, 0.05) is 38.2 Å². The van der Waals surface area contributed by atoms with Crippen molar-refractivity contribution in [1.82, 2.24) is 15.1 Å². The second-order valence-electron chi connectivity index (χ2n) is 7.85. The summed E-state index contributed by atoms with van der Waals surface area (Å²) < 4.78 is 10.9. The Morgan fingerprint density at radius 2 is 1.87 bits per heavy atom. The van der Waals surface area contributed by atoms with Gasteiger partial charge in [-0.25, -0.2) is 0 Å². The highest BCUT2D eigenvalue weighted by Gasteiger charge is 2.27. The molecule has 1 aliphatic heterocycles. The van der Waals surface area contributed by atoms with Crippen LogP contribution in [-0.4, -0.2) is 70.8 Å². The first-order chi connectivity index (χ1) is 14.6. The number of likely N-dealkylation sites (N-methyl/N-ethyl adjacent to an activating group) is 1. The summed E-state index contributed by atoms with van der Waals surface area (Å²) in [6, 6.07) is 16.8. The van der Waals surface area contributed by atoms with E-state index in [1.807, 2.05) is 31.3 Å². The first-order valence-electron chi connectivity index (χ1n) is 10.5. The molecule has 2 atom stereocenters. The average molecular weight is 411 g/mol. The molecule has 0 saturated carbocycles. The lowest BCUT2D eigenvalue weighted by Gasteiger charge is -2.29. The third-order valence-corrected chi connectivity index (χ3v) is 5.86. The van der Waals surface area contributed by atoms with Crippen LogP contribution in [0.2, 0.25) is 0 Å². The molecule has 0 aromatic heterocycles. The fourth-order valence-corrected chi connectivity index (χ4v) is 4.13. The molecule has 1 N–H and O–H groups in total. The number of hydrogen-bond donors (Lipinski definition) is 1. The molecule has 1 fully saturated rings. The van der Waals surface area contributed by atoms with Crippen molar-refractivity contribution in [2.45, 2.75) is 18.4 Å². The number of guanidine groups is 1. The Kier molecular flexibility index (Phi) is 7.57. The van der Waals surface area contributed by atoms with Crippen molar-refractivity contribution in [3.05, 3.63) is 59.7 Å². The zero-order valence-corrected chi connectivity index (χ0v) is 18.8. The minimum Gasteiger partial charge on any atom is -0.497 e. The van der Waals surface area contributed by atoms with Crippen LogP contribution >= 0.6 is 0 Å². The molecule has 162 valence electrons. The number of ether oxygens (including phenoxy) is 2. The third kappa shape index (κ3) is 5.05. The number of likely N-dealkylation sites (tertiary alicyclic amines) is 1. The molecule has 0 radical (unpaired) electrons. The van der Waals surface area contributed by atoms with E-state index in [4.69, 9.17) is 9.47 Å². The van der Waals surface area contributed by atoms with Gasteiger partial charge in [0.2, 0.25) is 0 Å². The normalized spacial score (nSPS) is 17.9. The van der Waals surface area contributed by atoms with Crippen molar-refractivity contribution in [3.63, 3.8) is 0 Å². The average Bonchev–Trinajstić information content (AvgIpc) is 3.26. The van der Waals surface area contributed by atoms with Gasteiger partial charge < -0.3 is 24.6 Å². The van der Waals surface area contributed by atoms with E-state index in [-0.39, 0.29) is 6.04 Å². The van der Waals surface area contributed by atoms with E-state index >= 15 is 0 Å². The molecule has 6 heteroatoms. The lowest BCUT2D eigenvalue weighted by Crippen LogP contribution is -2.43. The van der Waals surface area contributed by atoms with Crippen molar-refractivity contribution in [2.75, 3.05) is 55.0 Å². The number of benzene rings is 2.